The fourth-order valence-electron chi connectivity index (χ4n) is 4.32. The Morgan fingerprint density at radius 2 is 1.66 bits per heavy atom. The van der Waals surface area contributed by atoms with Crippen molar-refractivity contribution >= 4 is 39.3 Å². The predicted molar refractivity (Wildman–Crippen MR) is 165 cm³/mol. The zero-order chi connectivity index (χ0) is 30.2. The van der Waals surface area contributed by atoms with Crippen LogP contribution < -0.4 is 14.4 Å². The highest BCUT2D eigenvalue weighted by atomic mass is 32.2. The van der Waals surface area contributed by atoms with E-state index in [1.54, 1.807) is 50.2 Å². The maximum absolute atomic E-state index is 14.1. The molecule has 1 unspecified atom stereocenters. The summed E-state index contributed by atoms with van der Waals surface area (Å²) in [6, 6.07) is 20.0. The van der Waals surface area contributed by atoms with Crippen LogP contribution in [0.25, 0.3) is 0 Å². The third-order valence-corrected chi connectivity index (χ3v) is 8.91. The van der Waals surface area contributed by atoms with Gasteiger partial charge in [0.2, 0.25) is 11.8 Å². The maximum atomic E-state index is 14.1. The summed E-state index contributed by atoms with van der Waals surface area (Å²) in [5.74, 6) is -0.505. The molecule has 1 atom stereocenters. The zero-order valence-corrected chi connectivity index (χ0v) is 26.1. The quantitative estimate of drug-likeness (QED) is 0.270. The molecule has 1 N–H and O–H groups in total. The van der Waals surface area contributed by atoms with Crippen molar-refractivity contribution in [2.75, 3.05) is 23.7 Å². The Morgan fingerprint density at radius 3 is 2.27 bits per heavy atom. The van der Waals surface area contributed by atoms with Crippen LogP contribution in [0.1, 0.15) is 38.8 Å². The van der Waals surface area contributed by atoms with Crippen molar-refractivity contribution in [1.82, 2.24) is 10.2 Å². The second-order valence-electron chi connectivity index (χ2n) is 9.94. The number of hydrogen-bond acceptors (Lipinski definition) is 6. The van der Waals surface area contributed by atoms with Crippen LogP contribution in [-0.2, 0) is 26.2 Å². The highest BCUT2D eigenvalue weighted by molar-refractivity contribution is 7.98. The summed E-state index contributed by atoms with van der Waals surface area (Å²) >= 11 is 1.50. The molecule has 0 saturated carbocycles. The van der Waals surface area contributed by atoms with Gasteiger partial charge in [0.15, 0.2) is 0 Å². The van der Waals surface area contributed by atoms with Crippen molar-refractivity contribution in [2.24, 2.45) is 0 Å². The van der Waals surface area contributed by atoms with E-state index in [0.29, 0.717) is 12.4 Å². The molecule has 0 aliphatic heterocycles. The summed E-state index contributed by atoms with van der Waals surface area (Å²) in [6.45, 7) is 9.02. The first-order chi connectivity index (χ1) is 19.5. The van der Waals surface area contributed by atoms with Gasteiger partial charge < -0.3 is 15.0 Å². The molecule has 220 valence electrons. The van der Waals surface area contributed by atoms with Crippen LogP contribution in [0.15, 0.2) is 82.6 Å². The molecule has 0 aliphatic carbocycles. The number of nitrogens with one attached hydrogen (secondary N) is 1. The number of rotatable bonds is 13. The first-order valence-electron chi connectivity index (χ1n) is 13.5. The van der Waals surface area contributed by atoms with Crippen molar-refractivity contribution in [2.45, 2.75) is 63.0 Å². The first-order valence-corrected chi connectivity index (χ1v) is 16.2. The highest BCUT2D eigenvalue weighted by Crippen LogP contribution is 2.33. The molecule has 0 heterocycles. The van der Waals surface area contributed by atoms with E-state index in [4.69, 9.17) is 4.74 Å². The van der Waals surface area contributed by atoms with Crippen LogP contribution in [0.3, 0.4) is 0 Å². The second-order valence-corrected chi connectivity index (χ2v) is 12.7. The van der Waals surface area contributed by atoms with Crippen molar-refractivity contribution in [3.63, 3.8) is 0 Å². The van der Waals surface area contributed by atoms with Crippen molar-refractivity contribution < 1.29 is 22.7 Å². The molecule has 0 radical (unpaired) electrons. The largest absolute Gasteiger partial charge is 0.492 e. The Hall–Kier alpha value is -3.50. The monoisotopic (exact) mass is 597 g/mol. The number of amides is 2. The molecule has 3 aromatic rings. The summed E-state index contributed by atoms with van der Waals surface area (Å²) in [6.07, 6.45) is 1.91. The molecule has 0 bridgehead atoms. The van der Waals surface area contributed by atoms with Gasteiger partial charge in [-0.3, -0.25) is 13.9 Å². The molecule has 10 heteroatoms. The predicted octanol–water partition coefficient (Wildman–Crippen LogP) is 5.25. The van der Waals surface area contributed by atoms with Crippen LogP contribution in [0.2, 0.25) is 0 Å². The molecule has 0 aromatic heterocycles. The number of benzene rings is 3. The number of carbonyl (C=O) groups is 2. The molecule has 0 aliphatic rings. The Kier molecular flexibility index (Phi) is 11.3. The number of ether oxygens (including phenoxy) is 1. The minimum absolute atomic E-state index is 0.0465. The van der Waals surface area contributed by atoms with Gasteiger partial charge in [-0.15, -0.1) is 11.8 Å². The SMILES string of the molecule is CCOc1ccccc1N(CC(=O)N(Cc1cccc(C)c1)C(C)C(=O)NC(C)C)S(=O)(=O)c1ccc(SC)cc1. The van der Waals surface area contributed by atoms with E-state index >= 15 is 0 Å². The molecular weight excluding hydrogens is 558 g/mol. The highest BCUT2D eigenvalue weighted by Gasteiger charge is 2.34. The van der Waals surface area contributed by atoms with Gasteiger partial charge in [0.1, 0.15) is 18.3 Å². The van der Waals surface area contributed by atoms with Gasteiger partial charge in [-0.05, 0) is 82.8 Å². The number of para-hydroxylation sites is 2. The van der Waals surface area contributed by atoms with E-state index < -0.39 is 28.5 Å². The lowest BCUT2D eigenvalue weighted by molar-refractivity contribution is -0.139. The number of nitrogens with zero attached hydrogens (tertiary/aromatic N) is 2. The number of anilines is 1. The molecule has 0 saturated heterocycles. The van der Waals surface area contributed by atoms with E-state index in [2.05, 4.69) is 5.32 Å². The summed E-state index contributed by atoms with van der Waals surface area (Å²) in [4.78, 5) is 29.5. The summed E-state index contributed by atoms with van der Waals surface area (Å²) < 4.78 is 35.1. The molecular formula is C31H39N3O5S2. The molecule has 8 nitrogen and oxygen atoms in total. The Bertz CT molecular complexity index is 1440. The van der Waals surface area contributed by atoms with E-state index in [-0.39, 0.29) is 29.1 Å². The van der Waals surface area contributed by atoms with Crippen LogP contribution in [-0.4, -0.2) is 56.6 Å². The maximum Gasteiger partial charge on any atom is 0.264 e. The van der Waals surface area contributed by atoms with Crippen molar-refractivity contribution in [3.8, 4) is 5.75 Å². The number of aryl methyl sites for hydroxylation is 1. The van der Waals surface area contributed by atoms with Gasteiger partial charge in [-0.2, -0.15) is 0 Å². The average molecular weight is 598 g/mol. The Morgan fingerprint density at radius 1 is 0.976 bits per heavy atom. The second kappa shape index (κ2) is 14.4. The number of thioether (sulfide) groups is 1. The minimum Gasteiger partial charge on any atom is -0.492 e. The van der Waals surface area contributed by atoms with Crippen LogP contribution >= 0.6 is 11.8 Å². The standard InChI is InChI=1S/C31H39N3O5S2/c1-7-39-29-14-9-8-13-28(29)34(41(37,38)27-17-15-26(40-6)16-18-27)21-30(35)33(24(5)31(36)32-22(2)3)20-25-12-10-11-23(4)19-25/h8-19,22,24H,7,20-21H2,1-6H3,(H,32,36). The minimum atomic E-state index is -4.20. The summed E-state index contributed by atoms with van der Waals surface area (Å²) in [5.41, 5.74) is 2.09. The fraction of sp³-hybridized carbons (Fsp3) is 0.355. The lowest BCUT2D eigenvalue weighted by Gasteiger charge is -2.32. The van der Waals surface area contributed by atoms with Crippen LogP contribution in [0.5, 0.6) is 5.75 Å². The van der Waals surface area contributed by atoms with Gasteiger partial charge in [0.25, 0.3) is 10.0 Å². The third-order valence-electron chi connectivity index (χ3n) is 6.39. The molecule has 3 rings (SSSR count). The lowest BCUT2D eigenvalue weighted by Crippen LogP contribution is -2.52. The van der Waals surface area contributed by atoms with Gasteiger partial charge >= 0.3 is 0 Å². The Labute approximate surface area is 248 Å². The molecule has 0 spiro atoms. The molecule has 41 heavy (non-hydrogen) atoms. The number of hydrogen-bond donors (Lipinski definition) is 1. The third kappa shape index (κ3) is 8.27. The number of sulfonamides is 1. The van der Waals surface area contributed by atoms with E-state index in [1.807, 2.05) is 51.3 Å². The topological polar surface area (TPSA) is 96.0 Å². The van der Waals surface area contributed by atoms with Gasteiger partial charge in [-0.25, -0.2) is 8.42 Å². The van der Waals surface area contributed by atoms with Gasteiger partial charge in [0, 0.05) is 17.5 Å². The van der Waals surface area contributed by atoms with Crippen molar-refractivity contribution in [3.05, 3.63) is 83.9 Å². The van der Waals surface area contributed by atoms with Crippen molar-refractivity contribution in [1.29, 1.82) is 0 Å². The van der Waals surface area contributed by atoms with Gasteiger partial charge in [-0.1, -0.05) is 42.0 Å². The zero-order valence-electron chi connectivity index (χ0n) is 24.5. The first kappa shape index (κ1) is 32.0. The average Bonchev–Trinajstić information content (AvgIpc) is 2.94. The number of carbonyl (C=O) groups excluding carboxylic acids is 2. The molecule has 0 fully saturated rings. The van der Waals surface area contributed by atoms with Crippen LogP contribution in [0, 0.1) is 6.92 Å². The van der Waals surface area contributed by atoms with Crippen LogP contribution in [0.4, 0.5) is 5.69 Å². The molecule has 3 aromatic carbocycles. The lowest BCUT2D eigenvalue weighted by atomic mass is 10.1. The summed E-state index contributed by atoms with van der Waals surface area (Å²) in [5, 5.41) is 2.87. The Balaban J connectivity index is 2.09. The molecule has 2 amide bonds. The van der Waals surface area contributed by atoms with E-state index in [9.17, 15) is 18.0 Å². The van der Waals surface area contributed by atoms with Gasteiger partial charge in [0.05, 0.1) is 17.2 Å². The summed E-state index contributed by atoms with van der Waals surface area (Å²) in [7, 11) is -4.20. The smallest absolute Gasteiger partial charge is 0.264 e. The van der Waals surface area contributed by atoms with E-state index in [1.165, 1.54) is 28.8 Å². The van der Waals surface area contributed by atoms with E-state index in [0.717, 1.165) is 20.3 Å². The fourth-order valence-corrected chi connectivity index (χ4v) is 6.16. The normalized spacial score (nSPS) is 12.1.